The summed E-state index contributed by atoms with van der Waals surface area (Å²) < 4.78 is 12.0. The molecule has 1 aromatic heterocycles. The summed E-state index contributed by atoms with van der Waals surface area (Å²) in [4.78, 5) is 27.0. The average molecular weight is 453 g/mol. The molecule has 3 aromatic rings. The van der Waals surface area contributed by atoms with Crippen molar-refractivity contribution in [2.45, 2.75) is 13.3 Å². The molecule has 32 heavy (non-hydrogen) atoms. The highest BCUT2D eigenvalue weighted by molar-refractivity contribution is 6.33. The van der Waals surface area contributed by atoms with Gasteiger partial charge < -0.3 is 14.4 Å². The Morgan fingerprint density at radius 3 is 2.53 bits per heavy atom. The minimum absolute atomic E-state index is 0.0872. The number of carbonyl (C=O) groups excluding carboxylic acids is 2. The molecule has 164 valence electrons. The van der Waals surface area contributed by atoms with Crippen molar-refractivity contribution in [3.63, 3.8) is 0 Å². The minimum atomic E-state index is -0.761. The summed E-state index contributed by atoms with van der Waals surface area (Å²) in [7, 11) is 1.49. The number of halogens is 1. The number of benzene rings is 2. The normalized spacial score (nSPS) is 10.3. The Hall–Kier alpha value is -3.83. The van der Waals surface area contributed by atoms with E-state index in [1.807, 2.05) is 24.3 Å². The van der Waals surface area contributed by atoms with Crippen molar-refractivity contribution in [3.05, 3.63) is 71.0 Å². The molecule has 0 N–H and O–H groups in total. The van der Waals surface area contributed by atoms with E-state index in [1.54, 1.807) is 43.3 Å². The van der Waals surface area contributed by atoms with Gasteiger partial charge in [-0.1, -0.05) is 41.9 Å². The van der Waals surface area contributed by atoms with Crippen LogP contribution < -0.4 is 9.64 Å². The fourth-order valence-corrected chi connectivity index (χ4v) is 3.49. The molecule has 0 aliphatic heterocycles. The van der Waals surface area contributed by atoms with E-state index in [9.17, 15) is 9.59 Å². The number of anilines is 1. The lowest BCUT2D eigenvalue weighted by Crippen LogP contribution is -2.35. The summed E-state index contributed by atoms with van der Waals surface area (Å²) in [5, 5.41) is 13.4. The monoisotopic (exact) mass is 452 g/mol. The van der Waals surface area contributed by atoms with E-state index < -0.39 is 18.5 Å². The summed E-state index contributed by atoms with van der Waals surface area (Å²) in [6.45, 7) is 1.23. The standard InChI is InChI=1S/C23H21ClN4O4/c1-16-21(22(24)28(26-16)17-9-4-3-5-10-17)23(30)32-15-20(29)27(14-8-13-25)18-11-6-7-12-19(18)31-2/h3-7,9-12H,8,14-15H2,1-2H3. The Kier molecular flexibility index (Phi) is 7.47. The number of hydrogen-bond acceptors (Lipinski definition) is 6. The molecule has 1 heterocycles. The molecule has 0 atom stereocenters. The van der Waals surface area contributed by atoms with Gasteiger partial charge in [0.1, 0.15) is 16.5 Å². The summed E-state index contributed by atoms with van der Waals surface area (Å²) in [5.74, 6) is -0.793. The molecule has 2 aromatic carbocycles. The lowest BCUT2D eigenvalue weighted by atomic mass is 10.2. The number of para-hydroxylation sites is 3. The number of methoxy groups -OCH3 is 1. The Balaban J connectivity index is 1.78. The SMILES string of the molecule is COc1ccccc1N(CCC#N)C(=O)COC(=O)c1c(C)nn(-c2ccccc2)c1Cl. The molecule has 0 unspecified atom stereocenters. The van der Waals surface area contributed by atoms with Crippen molar-refractivity contribution in [3.8, 4) is 17.5 Å². The second-order valence-corrected chi connectivity index (χ2v) is 7.06. The maximum absolute atomic E-state index is 12.9. The molecule has 0 radical (unpaired) electrons. The first-order chi connectivity index (χ1) is 15.5. The van der Waals surface area contributed by atoms with E-state index in [-0.39, 0.29) is 23.7 Å². The Morgan fingerprint density at radius 2 is 1.84 bits per heavy atom. The predicted octanol–water partition coefficient (Wildman–Crippen LogP) is 3.95. The molecule has 0 aliphatic rings. The van der Waals surface area contributed by atoms with Gasteiger partial charge in [0, 0.05) is 6.54 Å². The molecule has 0 aliphatic carbocycles. The second-order valence-electron chi connectivity index (χ2n) is 6.70. The Bertz CT molecular complexity index is 1150. The minimum Gasteiger partial charge on any atom is -0.495 e. The van der Waals surface area contributed by atoms with Crippen molar-refractivity contribution in [1.82, 2.24) is 9.78 Å². The molecule has 0 spiro atoms. The zero-order chi connectivity index (χ0) is 23.1. The maximum atomic E-state index is 12.9. The first kappa shape index (κ1) is 22.8. The smallest absolute Gasteiger partial charge is 0.343 e. The van der Waals surface area contributed by atoms with E-state index in [0.29, 0.717) is 22.8 Å². The van der Waals surface area contributed by atoms with Crippen molar-refractivity contribution in [2.75, 3.05) is 25.2 Å². The molecule has 8 nitrogen and oxygen atoms in total. The van der Waals surface area contributed by atoms with Gasteiger partial charge in [0.2, 0.25) is 0 Å². The van der Waals surface area contributed by atoms with E-state index >= 15 is 0 Å². The van der Waals surface area contributed by atoms with Crippen LogP contribution in [0.5, 0.6) is 5.75 Å². The first-order valence-electron chi connectivity index (χ1n) is 9.76. The Labute approximate surface area is 190 Å². The van der Waals surface area contributed by atoms with Gasteiger partial charge in [0.05, 0.1) is 36.7 Å². The molecule has 9 heteroatoms. The van der Waals surface area contributed by atoms with Gasteiger partial charge in [0.15, 0.2) is 6.61 Å². The fourth-order valence-electron chi connectivity index (χ4n) is 3.14. The zero-order valence-corrected chi connectivity index (χ0v) is 18.4. The van der Waals surface area contributed by atoms with Gasteiger partial charge in [-0.25, -0.2) is 9.48 Å². The highest BCUT2D eigenvalue weighted by Gasteiger charge is 2.25. The van der Waals surface area contributed by atoms with Crippen LogP contribution in [-0.4, -0.2) is 41.9 Å². The average Bonchev–Trinajstić information content (AvgIpc) is 3.12. The highest BCUT2D eigenvalue weighted by atomic mass is 35.5. The predicted molar refractivity (Wildman–Crippen MR) is 119 cm³/mol. The number of nitrogens with zero attached hydrogens (tertiary/aromatic N) is 4. The number of aryl methyl sites for hydroxylation is 1. The van der Waals surface area contributed by atoms with Crippen LogP contribution in [0.15, 0.2) is 54.6 Å². The summed E-state index contributed by atoms with van der Waals surface area (Å²) >= 11 is 6.39. The molecule has 3 rings (SSSR count). The van der Waals surface area contributed by atoms with Crippen molar-refractivity contribution >= 4 is 29.2 Å². The first-order valence-corrected chi connectivity index (χ1v) is 10.1. The lowest BCUT2D eigenvalue weighted by molar-refractivity contribution is -0.121. The van der Waals surface area contributed by atoms with E-state index in [2.05, 4.69) is 5.10 Å². The van der Waals surface area contributed by atoms with Crippen molar-refractivity contribution < 1.29 is 19.1 Å². The Morgan fingerprint density at radius 1 is 1.16 bits per heavy atom. The summed E-state index contributed by atoms with van der Waals surface area (Å²) in [5.41, 5.74) is 1.64. The van der Waals surface area contributed by atoms with E-state index in [0.717, 1.165) is 0 Å². The van der Waals surface area contributed by atoms with Crippen LogP contribution in [0.2, 0.25) is 5.15 Å². The number of rotatable bonds is 8. The molecular formula is C23H21ClN4O4. The van der Waals surface area contributed by atoms with Crippen LogP contribution in [0.25, 0.3) is 5.69 Å². The number of nitriles is 1. The van der Waals surface area contributed by atoms with E-state index in [1.165, 1.54) is 16.7 Å². The van der Waals surface area contributed by atoms with Crippen LogP contribution in [0.4, 0.5) is 5.69 Å². The molecule has 0 saturated carbocycles. The quantitative estimate of drug-likeness (QED) is 0.480. The number of hydrogen-bond donors (Lipinski definition) is 0. The molecule has 0 fully saturated rings. The molecule has 0 bridgehead atoms. The highest BCUT2D eigenvalue weighted by Crippen LogP contribution is 2.28. The zero-order valence-electron chi connectivity index (χ0n) is 17.6. The third-order valence-electron chi connectivity index (χ3n) is 4.66. The van der Waals surface area contributed by atoms with Gasteiger partial charge in [0.25, 0.3) is 5.91 Å². The number of amides is 1. The van der Waals surface area contributed by atoms with Gasteiger partial charge in [-0.3, -0.25) is 4.79 Å². The number of esters is 1. The molecular weight excluding hydrogens is 432 g/mol. The third kappa shape index (κ3) is 4.90. The van der Waals surface area contributed by atoms with Gasteiger partial charge in [-0.2, -0.15) is 10.4 Å². The number of aromatic nitrogens is 2. The maximum Gasteiger partial charge on any atom is 0.343 e. The van der Waals surface area contributed by atoms with Crippen LogP contribution in [0.1, 0.15) is 22.5 Å². The molecule has 0 saturated heterocycles. The van der Waals surface area contributed by atoms with Gasteiger partial charge >= 0.3 is 5.97 Å². The van der Waals surface area contributed by atoms with Crippen LogP contribution >= 0.6 is 11.6 Å². The summed E-state index contributed by atoms with van der Waals surface area (Å²) in [6, 6.07) is 18.0. The summed E-state index contributed by atoms with van der Waals surface area (Å²) in [6.07, 6.45) is 0.104. The van der Waals surface area contributed by atoms with Crippen molar-refractivity contribution in [2.24, 2.45) is 0 Å². The fraction of sp³-hybridized carbons (Fsp3) is 0.217. The molecule has 1 amide bonds. The van der Waals surface area contributed by atoms with Gasteiger partial charge in [-0.05, 0) is 31.2 Å². The number of ether oxygens (including phenoxy) is 2. The van der Waals surface area contributed by atoms with Crippen LogP contribution in [-0.2, 0) is 9.53 Å². The largest absolute Gasteiger partial charge is 0.495 e. The van der Waals surface area contributed by atoms with Gasteiger partial charge in [-0.15, -0.1) is 0 Å². The van der Waals surface area contributed by atoms with Crippen LogP contribution in [0, 0.1) is 18.3 Å². The second kappa shape index (κ2) is 10.5. The number of carbonyl (C=O) groups is 2. The third-order valence-corrected chi connectivity index (χ3v) is 5.01. The lowest BCUT2D eigenvalue weighted by Gasteiger charge is -2.23. The van der Waals surface area contributed by atoms with Crippen LogP contribution in [0.3, 0.4) is 0 Å². The topological polar surface area (TPSA) is 97.4 Å². The van der Waals surface area contributed by atoms with E-state index in [4.69, 9.17) is 26.3 Å². The van der Waals surface area contributed by atoms with Crippen molar-refractivity contribution in [1.29, 1.82) is 5.26 Å².